The lowest BCUT2D eigenvalue weighted by Crippen LogP contribution is -2.30. The van der Waals surface area contributed by atoms with E-state index in [9.17, 15) is 9.59 Å². The highest BCUT2D eigenvalue weighted by atomic mass is 35.5. The lowest BCUT2D eigenvalue weighted by molar-refractivity contribution is -0.144. The molecule has 0 fully saturated rings. The van der Waals surface area contributed by atoms with Crippen LogP contribution in [0.3, 0.4) is 0 Å². The van der Waals surface area contributed by atoms with Crippen LogP contribution in [0.5, 0.6) is 0 Å². The molecule has 1 N–H and O–H groups in total. The summed E-state index contributed by atoms with van der Waals surface area (Å²) in [6, 6.07) is 14.0. The molecule has 25 heavy (non-hydrogen) atoms. The Bertz CT molecular complexity index is 772. The molecule has 1 atom stereocenters. The van der Waals surface area contributed by atoms with Gasteiger partial charge in [0.2, 0.25) is 0 Å². The fourth-order valence-corrected chi connectivity index (χ4v) is 2.40. The molecule has 0 aliphatic rings. The van der Waals surface area contributed by atoms with Gasteiger partial charge >= 0.3 is 5.97 Å². The van der Waals surface area contributed by atoms with E-state index in [-0.39, 0.29) is 18.6 Å². The summed E-state index contributed by atoms with van der Waals surface area (Å²) in [6.45, 7) is 1.48. The van der Waals surface area contributed by atoms with Crippen molar-refractivity contribution in [2.75, 3.05) is 6.61 Å². The van der Waals surface area contributed by atoms with Crippen molar-refractivity contribution in [2.24, 2.45) is 0 Å². The van der Waals surface area contributed by atoms with E-state index in [0.29, 0.717) is 15.6 Å². The molecular weight excluding hydrogens is 361 g/mol. The molecule has 0 unspecified atom stereocenters. The number of carbonyl (C=O) groups is 2. The molecule has 0 radical (unpaired) electrons. The highest BCUT2D eigenvalue weighted by molar-refractivity contribution is 6.32. The molecule has 0 aliphatic heterocycles. The molecule has 2 aromatic rings. The van der Waals surface area contributed by atoms with Crippen LogP contribution >= 0.6 is 23.2 Å². The van der Waals surface area contributed by atoms with E-state index < -0.39 is 5.97 Å². The van der Waals surface area contributed by atoms with Gasteiger partial charge in [0.25, 0.3) is 5.91 Å². The van der Waals surface area contributed by atoms with Crippen LogP contribution in [0.4, 0.5) is 0 Å². The van der Waals surface area contributed by atoms with Gasteiger partial charge in [-0.15, -0.1) is 0 Å². The number of carbonyl (C=O) groups excluding carboxylic acids is 2. The van der Waals surface area contributed by atoms with Crippen molar-refractivity contribution >= 4 is 41.2 Å². The van der Waals surface area contributed by atoms with E-state index in [1.807, 2.05) is 25.1 Å². The van der Waals surface area contributed by atoms with Crippen molar-refractivity contribution < 1.29 is 14.3 Å². The molecule has 0 aliphatic carbocycles. The standard InChI is InChI=1S/C19H17Cl2NO3/c1-13(14-6-9-16(20)10-7-14)22-18(23)12-25-19(24)11-8-15-4-2-3-5-17(15)21/h2-11,13H,12H2,1H3,(H,22,23)/b11-8+/t13-/m1/s1. The molecule has 2 aromatic carbocycles. The number of esters is 1. The molecule has 0 saturated heterocycles. The summed E-state index contributed by atoms with van der Waals surface area (Å²) in [5.41, 5.74) is 1.60. The molecule has 0 heterocycles. The molecule has 0 spiro atoms. The van der Waals surface area contributed by atoms with Crippen molar-refractivity contribution in [3.63, 3.8) is 0 Å². The van der Waals surface area contributed by atoms with Gasteiger partial charge in [-0.25, -0.2) is 4.79 Å². The quantitative estimate of drug-likeness (QED) is 0.598. The van der Waals surface area contributed by atoms with Gasteiger partial charge in [-0.05, 0) is 42.3 Å². The summed E-state index contributed by atoms with van der Waals surface area (Å²) in [6.07, 6.45) is 2.77. The van der Waals surface area contributed by atoms with Crippen LogP contribution in [0.15, 0.2) is 54.6 Å². The Hall–Kier alpha value is -2.30. The smallest absolute Gasteiger partial charge is 0.331 e. The normalized spacial score (nSPS) is 12.0. The predicted molar refractivity (Wildman–Crippen MR) is 99.5 cm³/mol. The molecule has 1 amide bonds. The zero-order valence-electron chi connectivity index (χ0n) is 13.5. The maximum atomic E-state index is 11.9. The van der Waals surface area contributed by atoms with Crippen LogP contribution in [0, 0.1) is 0 Å². The number of ether oxygens (including phenoxy) is 1. The summed E-state index contributed by atoms with van der Waals surface area (Å²) in [4.78, 5) is 23.5. The Balaban J connectivity index is 1.80. The number of benzene rings is 2. The minimum absolute atomic E-state index is 0.220. The second-order valence-electron chi connectivity index (χ2n) is 5.30. The fourth-order valence-electron chi connectivity index (χ4n) is 2.07. The summed E-state index contributed by atoms with van der Waals surface area (Å²) in [7, 11) is 0. The van der Waals surface area contributed by atoms with E-state index in [1.165, 1.54) is 6.08 Å². The number of rotatable bonds is 6. The summed E-state index contributed by atoms with van der Waals surface area (Å²) in [5.74, 6) is -1.00. The monoisotopic (exact) mass is 377 g/mol. The van der Waals surface area contributed by atoms with E-state index >= 15 is 0 Å². The number of amides is 1. The van der Waals surface area contributed by atoms with Crippen molar-refractivity contribution in [1.29, 1.82) is 0 Å². The highest BCUT2D eigenvalue weighted by Crippen LogP contribution is 2.17. The van der Waals surface area contributed by atoms with Gasteiger partial charge < -0.3 is 10.1 Å². The van der Waals surface area contributed by atoms with E-state index in [2.05, 4.69) is 5.32 Å². The molecule has 2 rings (SSSR count). The second kappa shape index (κ2) is 9.25. The molecule has 0 saturated carbocycles. The van der Waals surface area contributed by atoms with Crippen LogP contribution in [0.1, 0.15) is 24.1 Å². The Kier molecular flexibility index (Phi) is 7.04. The number of hydrogen-bond donors (Lipinski definition) is 1. The minimum atomic E-state index is -0.616. The molecule has 0 bridgehead atoms. The minimum Gasteiger partial charge on any atom is -0.452 e. The molecule has 130 valence electrons. The first-order chi connectivity index (χ1) is 12.0. The van der Waals surface area contributed by atoms with Gasteiger partial charge in [-0.1, -0.05) is 53.5 Å². The Morgan fingerprint density at radius 2 is 1.80 bits per heavy atom. The van der Waals surface area contributed by atoms with Crippen LogP contribution in [-0.2, 0) is 14.3 Å². The van der Waals surface area contributed by atoms with Crippen LogP contribution in [-0.4, -0.2) is 18.5 Å². The van der Waals surface area contributed by atoms with Crippen LogP contribution in [0.25, 0.3) is 6.08 Å². The highest BCUT2D eigenvalue weighted by Gasteiger charge is 2.11. The van der Waals surface area contributed by atoms with Gasteiger partial charge in [-0.2, -0.15) is 0 Å². The van der Waals surface area contributed by atoms with Crippen molar-refractivity contribution in [1.82, 2.24) is 5.32 Å². The number of halogens is 2. The van der Waals surface area contributed by atoms with Crippen molar-refractivity contribution in [3.8, 4) is 0 Å². The first kappa shape index (κ1) is 19.0. The second-order valence-corrected chi connectivity index (χ2v) is 6.15. The topological polar surface area (TPSA) is 55.4 Å². The third kappa shape index (κ3) is 6.25. The largest absolute Gasteiger partial charge is 0.452 e. The average molecular weight is 378 g/mol. The van der Waals surface area contributed by atoms with Gasteiger partial charge in [0.1, 0.15) is 0 Å². The first-order valence-electron chi connectivity index (χ1n) is 7.60. The summed E-state index contributed by atoms with van der Waals surface area (Å²) >= 11 is 11.8. The Morgan fingerprint density at radius 3 is 2.48 bits per heavy atom. The zero-order valence-corrected chi connectivity index (χ0v) is 15.1. The Morgan fingerprint density at radius 1 is 1.12 bits per heavy atom. The van der Waals surface area contributed by atoms with Gasteiger partial charge in [0.05, 0.1) is 6.04 Å². The third-order valence-corrected chi connectivity index (χ3v) is 3.99. The number of nitrogens with one attached hydrogen (secondary N) is 1. The SMILES string of the molecule is C[C@@H](NC(=O)COC(=O)/C=C/c1ccccc1Cl)c1ccc(Cl)cc1. The van der Waals surface area contributed by atoms with E-state index in [0.717, 1.165) is 5.56 Å². The molecule has 6 heteroatoms. The van der Waals surface area contributed by atoms with Crippen LogP contribution in [0.2, 0.25) is 10.0 Å². The zero-order chi connectivity index (χ0) is 18.2. The van der Waals surface area contributed by atoms with Gasteiger partial charge in [0, 0.05) is 16.1 Å². The first-order valence-corrected chi connectivity index (χ1v) is 8.35. The van der Waals surface area contributed by atoms with Crippen LogP contribution < -0.4 is 5.32 Å². The molecule has 4 nitrogen and oxygen atoms in total. The lowest BCUT2D eigenvalue weighted by Gasteiger charge is -2.14. The van der Waals surface area contributed by atoms with Gasteiger partial charge in [-0.3, -0.25) is 4.79 Å². The van der Waals surface area contributed by atoms with E-state index in [4.69, 9.17) is 27.9 Å². The van der Waals surface area contributed by atoms with Gasteiger partial charge in [0.15, 0.2) is 6.61 Å². The fraction of sp³-hybridized carbons (Fsp3) is 0.158. The van der Waals surface area contributed by atoms with Crippen molar-refractivity contribution in [2.45, 2.75) is 13.0 Å². The number of hydrogen-bond acceptors (Lipinski definition) is 3. The lowest BCUT2D eigenvalue weighted by atomic mass is 10.1. The Labute approximate surface area is 156 Å². The summed E-state index contributed by atoms with van der Waals surface area (Å²) in [5, 5.41) is 3.90. The van der Waals surface area contributed by atoms with Crippen molar-refractivity contribution in [3.05, 3.63) is 75.8 Å². The summed E-state index contributed by atoms with van der Waals surface area (Å²) < 4.78 is 4.92. The molecule has 0 aromatic heterocycles. The maximum Gasteiger partial charge on any atom is 0.331 e. The maximum absolute atomic E-state index is 11.9. The average Bonchev–Trinajstić information content (AvgIpc) is 2.59. The molecular formula is C19H17Cl2NO3. The predicted octanol–water partition coefficient (Wildman–Crippen LogP) is 4.43. The van der Waals surface area contributed by atoms with E-state index in [1.54, 1.807) is 36.4 Å². The third-order valence-electron chi connectivity index (χ3n) is 3.40.